The van der Waals surface area contributed by atoms with E-state index in [1.165, 1.54) is 0 Å². The fourth-order valence-corrected chi connectivity index (χ4v) is 3.80. The number of rotatable bonds is 5. The summed E-state index contributed by atoms with van der Waals surface area (Å²) in [5.74, 6) is -1.03. The van der Waals surface area contributed by atoms with Crippen molar-refractivity contribution in [3.8, 4) is 0 Å². The highest BCUT2D eigenvalue weighted by molar-refractivity contribution is 5.84. The van der Waals surface area contributed by atoms with Crippen LogP contribution in [0.3, 0.4) is 0 Å². The Morgan fingerprint density at radius 2 is 1.62 bits per heavy atom. The Kier molecular flexibility index (Phi) is 7.72. The lowest BCUT2D eigenvalue weighted by molar-refractivity contribution is -0.142. The molecule has 1 aliphatic heterocycles. The highest BCUT2D eigenvalue weighted by Crippen LogP contribution is 2.24. The SMILES string of the molecule is CC(C)N(CC(=O)N1CCCCCC1)C(=O)NC1CCC(C(=O)O)CC1. The predicted octanol–water partition coefficient (Wildman–Crippen LogP) is 2.45. The van der Waals surface area contributed by atoms with Crippen LogP contribution in [0, 0.1) is 5.92 Å². The number of hydrogen-bond acceptors (Lipinski definition) is 3. The molecule has 1 heterocycles. The van der Waals surface area contributed by atoms with Crippen LogP contribution >= 0.6 is 0 Å². The van der Waals surface area contributed by atoms with Gasteiger partial charge in [0.25, 0.3) is 0 Å². The first kappa shape index (κ1) is 20.5. The monoisotopic (exact) mass is 367 g/mol. The normalized spacial score (nSPS) is 24.0. The minimum absolute atomic E-state index is 0.00682. The van der Waals surface area contributed by atoms with Gasteiger partial charge < -0.3 is 20.2 Å². The zero-order valence-corrected chi connectivity index (χ0v) is 16.1. The van der Waals surface area contributed by atoms with Crippen LogP contribution in [-0.2, 0) is 9.59 Å². The van der Waals surface area contributed by atoms with E-state index in [9.17, 15) is 14.4 Å². The molecule has 1 saturated carbocycles. The number of aliphatic carboxylic acids is 1. The molecule has 3 amide bonds. The van der Waals surface area contributed by atoms with Crippen LogP contribution in [0.4, 0.5) is 4.79 Å². The Balaban J connectivity index is 1.86. The standard InChI is InChI=1S/C19H33N3O4/c1-14(2)22(13-17(23)21-11-5-3-4-6-12-21)19(26)20-16-9-7-15(8-10-16)18(24)25/h14-16H,3-13H2,1-2H3,(H,20,26)(H,24,25). The third kappa shape index (κ3) is 5.88. The minimum Gasteiger partial charge on any atom is -0.481 e. The van der Waals surface area contributed by atoms with Gasteiger partial charge in [-0.15, -0.1) is 0 Å². The van der Waals surface area contributed by atoms with Gasteiger partial charge in [0, 0.05) is 25.2 Å². The smallest absolute Gasteiger partial charge is 0.318 e. The summed E-state index contributed by atoms with van der Waals surface area (Å²) >= 11 is 0. The second-order valence-corrected chi connectivity index (χ2v) is 7.85. The summed E-state index contributed by atoms with van der Waals surface area (Å²) in [5.41, 5.74) is 0. The van der Waals surface area contributed by atoms with Crippen LogP contribution in [-0.4, -0.2) is 64.5 Å². The molecule has 7 nitrogen and oxygen atoms in total. The van der Waals surface area contributed by atoms with E-state index in [4.69, 9.17) is 5.11 Å². The molecule has 2 fully saturated rings. The maximum absolute atomic E-state index is 12.7. The molecule has 148 valence electrons. The van der Waals surface area contributed by atoms with Gasteiger partial charge in [0.1, 0.15) is 6.54 Å². The zero-order chi connectivity index (χ0) is 19.1. The molecule has 0 radical (unpaired) electrons. The number of carbonyl (C=O) groups is 3. The third-order valence-electron chi connectivity index (χ3n) is 5.55. The van der Waals surface area contributed by atoms with E-state index < -0.39 is 5.97 Å². The van der Waals surface area contributed by atoms with Gasteiger partial charge in [-0.25, -0.2) is 4.79 Å². The summed E-state index contributed by atoms with van der Waals surface area (Å²) < 4.78 is 0. The first-order chi connectivity index (χ1) is 12.4. The zero-order valence-electron chi connectivity index (χ0n) is 16.1. The Morgan fingerprint density at radius 1 is 1.04 bits per heavy atom. The maximum Gasteiger partial charge on any atom is 0.318 e. The van der Waals surface area contributed by atoms with Crippen molar-refractivity contribution in [3.63, 3.8) is 0 Å². The number of nitrogens with zero attached hydrogens (tertiary/aromatic N) is 2. The second-order valence-electron chi connectivity index (χ2n) is 7.85. The van der Waals surface area contributed by atoms with E-state index in [2.05, 4.69) is 5.32 Å². The molecule has 0 atom stereocenters. The van der Waals surface area contributed by atoms with Gasteiger partial charge in [-0.05, 0) is 52.4 Å². The van der Waals surface area contributed by atoms with Crippen LogP contribution in [0.15, 0.2) is 0 Å². The number of carbonyl (C=O) groups excluding carboxylic acids is 2. The third-order valence-corrected chi connectivity index (χ3v) is 5.55. The molecule has 26 heavy (non-hydrogen) atoms. The molecular formula is C19H33N3O4. The van der Waals surface area contributed by atoms with Crippen molar-refractivity contribution in [2.24, 2.45) is 5.92 Å². The first-order valence-electron chi connectivity index (χ1n) is 9.96. The van der Waals surface area contributed by atoms with Crippen LogP contribution in [0.25, 0.3) is 0 Å². The molecular weight excluding hydrogens is 334 g/mol. The van der Waals surface area contributed by atoms with Crippen molar-refractivity contribution in [2.45, 2.75) is 77.3 Å². The molecule has 0 aromatic heterocycles. The predicted molar refractivity (Wildman–Crippen MR) is 98.8 cm³/mol. The quantitative estimate of drug-likeness (QED) is 0.781. The summed E-state index contributed by atoms with van der Waals surface area (Å²) in [5, 5.41) is 12.1. The molecule has 0 aromatic carbocycles. The second kappa shape index (κ2) is 9.78. The summed E-state index contributed by atoms with van der Waals surface area (Å²) in [4.78, 5) is 39.8. The van der Waals surface area contributed by atoms with Crippen LogP contribution in [0.1, 0.15) is 65.2 Å². The molecule has 0 aromatic rings. The van der Waals surface area contributed by atoms with E-state index in [1.807, 2.05) is 18.7 Å². The average Bonchev–Trinajstić information content (AvgIpc) is 2.89. The van der Waals surface area contributed by atoms with Crippen molar-refractivity contribution in [1.29, 1.82) is 0 Å². The molecule has 0 spiro atoms. The Labute approximate surface area is 156 Å². The van der Waals surface area contributed by atoms with E-state index in [1.54, 1.807) is 4.90 Å². The summed E-state index contributed by atoms with van der Waals surface area (Å²) in [6.45, 7) is 5.50. The summed E-state index contributed by atoms with van der Waals surface area (Å²) in [6, 6.07) is -0.295. The van der Waals surface area contributed by atoms with Gasteiger partial charge >= 0.3 is 12.0 Å². The van der Waals surface area contributed by atoms with E-state index in [0.717, 1.165) is 38.8 Å². The number of carboxylic acid groups (broad SMARTS) is 1. The van der Waals surface area contributed by atoms with Gasteiger partial charge in [0.2, 0.25) is 5.91 Å². The summed E-state index contributed by atoms with van der Waals surface area (Å²) in [6.07, 6.45) is 6.93. The Bertz CT molecular complexity index is 493. The largest absolute Gasteiger partial charge is 0.481 e. The highest BCUT2D eigenvalue weighted by Gasteiger charge is 2.29. The number of hydrogen-bond donors (Lipinski definition) is 2. The molecule has 2 rings (SSSR count). The molecule has 0 unspecified atom stereocenters. The van der Waals surface area contributed by atoms with Crippen LogP contribution in [0.2, 0.25) is 0 Å². The highest BCUT2D eigenvalue weighted by atomic mass is 16.4. The molecule has 2 N–H and O–H groups in total. The topological polar surface area (TPSA) is 90.0 Å². The number of nitrogens with one attached hydrogen (secondary N) is 1. The lowest BCUT2D eigenvalue weighted by Crippen LogP contribution is -2.52. The van der Waals surface area contributed by atoms with Crippen molar-refractivity contribution < 1.29 is 19.5 Å². The number of amides is 3. The lowest BCUT2D eigenvalue weighted by Gasteiger charge is -2.33. The number of carboxylic acids is 1. The lowest BCUT2D eigenvalue weighted by atomic mass is 9.86. The minimum atomic E-state index is -0.748. The van der Waals surface area contributed by atoms with E-state index in [-0.39, 0.29) is 36.5 Å². The molecule has 2 aliphatic rings. The Morgan fingerprint density at radius 3 is 2.12 bits per heavy atom. The molecule has 1 saturated heterocycles. The fraction of sp³-hybridized carbons (Fsp3) is 0.842. The molecule has 0 bridgehead atoms. The molecule has 1 aliphatic carbocycles. The molecule has 7 heteroatoms. The van der Waals surface area contributed by atoms with Crippen molar-refractivity contribution >= 4 is 17.9 Å². The van der Waals surface area contributed by atoms with Gasteiger partial charge in [-0.2, -0.15) is 0 Å². The summed E-state index contributed by atoms with van der Waals surface area (Å²) in [7, 11) is 0. The maximum atomic E-state index is 12.7. The van der Waals surface area contributed by atoms with E-state index in [0.29, 0.717) is 25.7 Å². The number of likely N-dealkylation sites (tertiary alicyclic amines) is 1. The van der Waals surface area contributed by atoms with Crippen molar-refractivity contribution in [1.82, 2.24) is 15.1 Å². The van der Waals surface area contributed by atoms with E-state index >= 15 is 0 Å². The average molecular weight is 367 g/mol. The Hall–Kier alpha value is -1.79. The van der Waals surface area contributed by atoms with Gasteiger partial charge in [-0.1, -0.05) is 12.8 Å². The van der Waals surface area contributed by atoms with Gasteiger partial charge in [-0.3, -0.25) is 9.59 Å². The van der Waals surface area contributed by atoms with Crippen LogP contribution in [0.5, 0.6) is 0 Å². The van der Waals surface area contributed by atoms with Crippen molar-refractivity contribution in [3.05, 3.63) is 0 Å². The van der Waals surface area contributed by atoms with Crippen molar-refractivity contribution in [2.75, 3.05) is 19.6 Å². The van der Waals surface area contributed by atoms with Gasteiger partial charge in [0.05, 0.1) is 5.92 Å². The van der Waals surface area contributed by atoms with Gasteiger partial charge in [0.15, 0.2) is 0 Å². The number of urea groups is 1. The van der Waals surface area contributed by atoms with Crippen LogP contribution < -0.4 is 5.32 Å². The first-order valence-corrected chi connectivity index (χ1v) is 9.96. The fourth-order valence-electron chi connectivity index (χ4n) is 3.80.